The third-order valence-electron chi connectivity index (χ3n) is 4.44. The van der Waals surface area contributed by atoms with Crippen molar-refractivity contribution in [1.82, 2.24) is 10.2 Å². The van der Waals surface area contributed by atoms with Crippen LogP contribution < -0.4 is 5.32 Å². The molecule has 2 fully saturated rings. The van der Waals surface area contributed by atoms with Crippen molar-refractivity contribution in [3.63, 3.8) is 0 Å². The standard InChI is InChI=1S/C16H21FN2O2/c1-10-16(20)19(11(2)14-4-3-9-21-14)15(18-10)12-5-7-13(17)8-6-12/h5-8,10-11,14-15,18H,3-4,9H2,1-2H3. The molecule has 1 amide bonds. The third-order valence-corrected chi connectivity index (χ3v) is 4.44. The molecule has 2 heterocycles. The Labute approximate surface area is 124 Å². The molecule has 0 radical (unpaired) electrons. The molecule has 1 aromatic carbocycles. The van der Waals surface area contributed by atoms with Crippen LogP contribution in [0.5, 0.6) is 0 Å². The van der Waals surface area contributed by atoms with Crippen LogP contribution in [0.1, 0.15) is 38.4 Å². The summed E-state index contributed by atoms with van der Waals surface area (Å²) in [6.07, 6.45) is 1.90. The van der Waals surface area contributed by atoms with Crippen molar-refractivity contribution >= 4 is 5.91 Å². The van der Waals surface area contributed by atoms with Crippen molar-refractivity contribution in [3.8, 4) is 0 Å². The lowest BCUT2D eigenvalue weighted by atomic mass is 10.1. The number of halogens is 1. The Morgan fingerprint density at radius 3 is 2.71 bits per heavy atom. The molecule has 4 atom stereocenters. The number of carbonyl (C=O) groups excluding carboxylic acids is 1. The van der Waals surface area contributed by atoms with Crippen LogP contribution in [0.4, 0.5) is 4.39 Å². The highest BCUT2D eigenvalue weighted by atomic mass is 19.1. The van der Waals surface area contributed by atoms with E-state index >= 15 is 0 Å². The summed E-state index contributed by atoms with van der Waals surface area (Å²) in [6.45, 7) is 4.66. The molecule has 5 heteroatoms. The molecule has 114 valence electrons. The van der Waals surface area contributed by atoms with E-state index in [0.29, 0.717) is 0 Å². The summed E-state index contributed by atoms with van der Waals surface area (Å²) >= 11 is 0. The summed E-state index contributed by atoms with van der Waals surface area (Å²) in [6, 6.07) is 6.09. The molecule has 0 saturated carbocycles. The van der Waals surface area contributed by atoms with Crippen LogP contribution in [-0.4, -0.2) is 35.6 Å². The highest BCUT2D eigenvalue weighted by molar-refractivity contribution is 5.84. The minimum atomic E-state index is -0.269. The maximum absolute atomic E-state index is 13.1. The van der Waals surface area contributed by atoms with E-state index in [1.54, 1.807) is 12.1 Å². The highest BCUT2D eigenvalue weighted by Crippen LogP contribution is 2.31. The monoisotopic (exact) mass is 292 g/mol. The maximum Gasteiger partial charge on any atom is 0.241 e. The van der Waals surface area contributed by atoms with Gasteiger partial charge in [0.25, 0.3) is 0 Å². The topological polar surface area (TPSA) is 41.6 Å². The van der Waals surface area contributed by atoms with Gasteiger partial charge in [0, 0.05) is 6.61 Å². The molecule has 4 unspecified atom stereocenters. The van der Waals surface area contributed by atoms with Gasteiger partial charge in [-0.2, -0.15) is 0 Å². The summed E-state index contributed by atoms with van der Waals surface area (Å²) < 4.78 is 18.8. The molecule has 0 spiro atoms. The van der Waals surface area contributed by atoms with Crippen molar-refractivity contribution in [3.05, 3.63) is 35.6 Å². The zero-order valence-electron chi connectivity index (χ0n) is 12.4. The molecule has 21 heavy (non-hydrogen) atoms. The van der Waals surface area contributed by atoms with E-state index in [4.69, 9.17) is 4.74 Å². The van der Waals surface area contributed by atoms with Gasteiger partial charge >= 0.3 is 0 Å². The molecule has 2 aliphatic heterocycles. The van der Waals surface area contributed by atoms with E-state index in [0.717, 1.165) is 25.0 Å². The average molecular weight is 292 g/mol. The Kier molecular flexibility index (Phi) is 3.95. The van der Waals surface area contributed by atoms with Crippen molar-refractivity contribution in [2.24, 2.45) is 0 Å². The van der Waals surface area contributed by atoms with Gasteiger partial charge in [0.1, 0.15) is 12.0 Å². The van der Waals surface area contributed by atoms with Crippen molar-refractivity contribution in [2.75, 3.05) is 6.61 Å². The maximum atomic E-state index is 13.1. The van der Waals surface area contributed by atoms with Crippen molar-refractivity contribution < 1.29 is 13.9 Å². The lowest BCUT2D eigenvalue weighted by molar-refractivity contribution is -0.134. The molecule has 0 bridgehead atoms. The van der Waals surface area contributed by atoms with Crippen LogP contribution >= 0.6 is 0 Å². The minimum Gasteiger partial charge on any atom is -0.376 e. The van der Waals surface area contributed by atoms with Crippen LogP contribution in [-0.2, 0) is 9.53 Å². The number of hydrogen-bond donors (Lipinski definition) is 1. The normalized spacial score (nSPS) is 30.9. The largest absolute Gasteiger partial charge is 0.376 e. The van der Waals surface area contributed by atoms with E-state index < -0.39 is 0 Å². The Hall–Kier alpha value is -1.46. The SMILES string of the molecule is CC1NC(c2ccc(F)cc2)N(C(C)C2CCCO2)C1=O. The second kappa shape index (κ2) is 5.73. The number of rotatable bonds is 3. The Morgan fingerprint density at radius 1 is 1.38 bits per heavy atom. The molecule has 4 nitrogen and oxygen atoms in total. The van der Waals surface area contributed by atoms with Gasteiger partial charge in [-0.15, -0.1) is 0 Å². The molecule has 0 aromatic heterocycles. The van der Waals surface area contributed by atoms with Crippen molar-refractivity contribution in [2.45, 2.75) is 51.0 Å². The highest BCUT2D eigenvalue weighted by Gasteiger charge is 2.42. The Morgan fingerprint density at radius 2 is 2.10 bits per heavy atom. The third kappa shape index (κ3) is 2.68. The zero-order chi connectivity index (χ0) is 15.0. The van der Waals surface area contributed by atoms with Gasteiger partial charge in [-0.3, -0.25) is 10.1 Å². The number of benzene rings is 1. The lowest BCUT2D eigenvalue weighted by Crippen LogP contribution is -2.44. The first kappa shape index (κ1) is 14.5. The van der Waals surface area contributed by atoms with Gasteiger partial charge in [-0.05, 0) is 44.4 Å². The van der Waals surface area contributed by atoms with Crippen LogP contribution in [0.3, 0.4) is 0 Å². The molecule has 1 N–H and O–H groups in total. The predicted octanol–water partition coefficient (Wildman–Crippen LogP) is 2.21. The smallest absolute Gasteiger partial charge is 0.241 e. The molecule has 2 aliphatic rings. The molecular weight excluding hydrogens is 271 g/mol. The van der Waals surface area contributed by atoms with Crippen LogP contribution in [0.15, 0.2) is 24.3 Å². The summed E-state index contributed by atoms with van der Waals surface area (Å²) in [4.78, 5) is 14.3. The first-order valence-corrected chi connectivity index (χ1v) is 7.53. The fourth-order valence-corrected chi connectivity index (χ4v) is 3.24. The summed E-state index contributed by atoms with van der Waals surface area (Å²) in [7, 11) is 0. The van der Waals surface area contributed by atoms with Crippen LogP contribution in [0, 0.1) is 5.82 Å². The van der Waals surface area contributed by atoms with Gasteiger partial charge < -0.3 is 9.64 Å². The Bertz CT molecular complexity index is 514. The lowest BCUT2D eigenvalue weighted by Gasteiger charge is -2.33. The zero-order valence-corrected chi connectivity index (χ0v) is 12.4. The minimum absolute atomic E-state index is 0.00695. The quantitative estimate of drug-likeness (QED) is 0.928. The molecule has 2 saturated heterocycles. The number of carbonyl (C=O) groups is 1. The van der Waals surface area contributed by atoms with E-state index in [2.05, 4.69) is 5.32 Å². The van der Waals surface area contributed by atoms with Gasteiger partial charge in [-0.25, -0.2) is 4.39 Å². The van der Waals surface area contributed by atoms with Gasteiger partial charge in [0.05, 0.1) is 18.2 Å². The van der Waals surface area contributed by atoms with Gasteiger partial charge in [0.15, 0.2) is 0 Å². The molecule has 0 aliphatic carbocycles. The number of amides is 1. The molecule has 3 rings (SSSR count). The van der Waals surface area contributed by atoms with Gasteiger partial charge in [-0.1, -0.05) is 12.1 Å². The van der Waals surface area contributed by atoms with E-state index in [1.165, 1.54) is 12.1 Å². The fourth-order valence-electron chi connectivity index (χ4n) is 3.24. The summed E-state index contributed by atoms with van der Waals surface area (Å²) in [5, 5.41) is 3.29. The van der Waals surface area contributed by atoms with E-state index in [1.807, 2.05) is 18.7 Å². The van der Waals surface area contributed by atoms with Crippen LogP contribution in [0.25, 0.3) is 0 Å². The first-order valence-electron chi connectivity index (χ1n) is 7.53. The Balaban J connectivity index is 1.86. The predicted molar refractivity (Wildman–Crippen MR) is 77.0 cm³/mol. The van der Waals surface area contributed by atoms with Crippen LogP contribution in [0.2, 0.25) is 0 Å². The van der Waals surface area contributed by atoms with Gasteiger partial charge in [0.2, 0.25) is 5.91 Å². The summed E-state index contributed by atoms with van der Waals surface area (Å²) in [5.74, 6) is -0.192. The number of hydrogen-bond acceptors (Lipinski definition) is 3. The second-order valence-electron chi connectivity index (χ2n) is 5.88. The molecule has 1 aromatic rings. The average Bonchev–Trinajstić information content (AvgIpc) is 3.09. The second-order valence-corrected chi connectivity index (χ2v) is 5.88. The molecular formula is C16H21FN2O2. The van der Waals surface area contributed by atoms with E-state index in [-0.39, 0.29) is 36.1 Å². The van der Waals surface area contributed by atoms with Crippen molar-refractivity contribution in [1.29, 1.82) is 0 Å². The first-order chi connectivity index (χ1) is 10.1. The number of nitrogens with zero attached hydrogens (tertiary/aromatic N) is 1. The van der Waals surface area contributed by atoms with E-state index in [9.17, 15) is 9.18 Å². The number of ether oxygens (including phenoxy) is 1. The summed E-state index contributed by atoms with van der Waals surface area (Å²) in [5.41, 5.74) is 0.902. The number of nitrogens with one attached hydrogen (secondary N) is 1. The fraction of sp³-hybridized carbons (Fsp3) is 0.562.